The van der Waals surface area contributed by atoms with E-state index in [1.54, 1.807) is 34.4 Å². The van der Waals surface area contributed by atoms with Gasteiger partial charge in [-0.05, 0) is 42.3 Å². The predicted molar refractivity (Wildman–Crippen MR) is 127 cm³/mol. The van der Waals surface area contributed by atoms with Gasteiger partial charge in [-0.2, -0.15) is 0 Å². The molecule has 6 heteroatoms. The number of carbonyl (C=O) groups is 2. The maximum atomic E-state index is 13.3. The Bertz CT molecular complexity index is 1050. The van der Waals surface area contributed by atoms with Crippen LogP contribution in [0, 0.1) is 12.7 Å². The van der Waals surface area contributed by atoms with Gasteiger partial charge in [0.05, 0.1) is 13.0 Å². The standard InChI is InChI=1S/C26H27FN2O2S/c1-3-15-28(25(30)16-21-10-12-23(27)13-11-21)19-26(31)29(17-22-7-5-4-6-8-22)18-24-14-9-20(2)32-24/h3-14H,1,15-19H2,2H3. The van der Waals surface area contributed by atoms with Gasteiger partial charge in [0, 0.05) is 22.8 Å². The molecule has 1 aromatic heterocycles. The van der Waals surface area contributed by atoms with E-state index in [-0.39, 0.29) is 37.1 Å². The van der Waals surface area contributed by atoms with Crippen LogP contribution in [-0.4, -0.2) is 34.7 Å². The average molecular weight is 451 g/mol. The molecule has 2 amide bonds. The van der Waals surface area contributed by atoms with E-state index in [2.05, 4.69) is 6.58 Å². The number of nitrogens with zero attached hydrogens (tertiary/aromatic N) is 2. The highest BCUT2D eigenvalue weighted by Crippen LogP contribution is 2.19. The molecule has 0 aliphatic heterocycles. The molecular formula is C26H27FN2O2S. The Morgan fingerprint density at radius 1 is 0.906 bits per heavy atom. The van der Waals surface area contributed by atoms with E-state index >= 15 is 0 Å². The maximum Gasteiger partial charge on any atom is 0.242 e. The van der Waals surface area contributed by atoms with Crippen LogP contribution in [0.25, 0.3) is 0 Å². The van der Waals surface area contributed by atoms with Crippen molar-refractivity contribution in [2.45, 2.75) is 26.4 Å². The molecule has 0 aliphatic carbocycles. The Hall–Kier alpha value is -3.25. The Morgan fingerprint density at radius 2 is 1.62 bits per heavy atom. The number of halogens is 1. The summed E-state index contributed by atoms with van der Waals surface area (Å²) in [7, 11) is 0. The molecule has 0 atom stereocenters. The van der Waals surface area contributed by atoms with E-state index in [4.69, 9.17) is 0 Å². The molecule has 0 aliphatic rings. The summed E-state index contributed by atoms with van der Waals surface area (Å²) >= 11 is 1.66. The van der Waals surface area contributed by atoms with Crippen molar-refractivity contribution < 1.29 is 14.0 Å². The minimum absolute atomic E-state index is 0.0385. The summed E-state index contributed by atoms with van der Waals surface area (Å²) in [6, 6.07) is 19.7. The van der Waals surface area contributed by atoms with Crippen molar-refractivity contribution in [2.75, 3.05) is 13.1 Å². The number of hydrogen-bond donors (Lipinski definition) is 0. The van der Waals surface area contributed by atoms with Crippen molar-refractivity contribution >= 4 is 23.2 Å². The summed E-state index contributed by atoms with van der Waals surface area (Å²) in [6.45, 7) is 6.94. The van der Waals surface area contributed by atoms with E-state index in [1.165, 1.54) is 21.9 Å². The third-order valence-electron chi connectivity index (χ3n) is 5.01. The lowest BCUT2D eigenvalue weighted by Gasteiger charge is -2.27. The van der Waals surface area contributed by atoms with Crippen LogP contribution in [0.3, 0.4) is 0 Å². The third-order valence-corrected chi connectivity index (χ3v) is 5.99. The highest BCUT2D eigenvalue weighted by atomic mass is 32.1. The van der Waals surface area contributed by atoms with E-state index in [1.807, 2.05) is 49.4 Å². The zero-order chi connectivity index (χ0) is 22.9. The second-order valence-electron chi connectivity index (χ2n) is 7.61. The summed E-state index contributed by atoms with van der Waals surface area (Å²) in [4.78, 5) is 31.7. The molecule has 32 heavy (non-hydrogen) atoms. The van der Waals surface area contributed by atoms with Crippen LogP contribution >= 0.6 is 11.3 Å². The fraction of sp³-hybridized carbons (Fsp3) is 0.231. The molecule has 0 radical (unpaired) electrons. The fourth-order valence-corrected chi connectivity index (χ4v) is 4.26. The van der Waals surface area contributed by atoms with Gasteiger partial charge >= 0.3 is 0 Å². The molecule has 0 N–H and O–H groups in total. The van der Waals surface area contributed by atoms with Crippen LogP contribution in [0.1, 0.15) is 20.9 Å². The van der Waals surface area contributed by atoms with Gasteiger partial charge in [-0.1, -0.05) is 48.5 Å². The summed E-state index contributed by atoms with van der Waals surface area (Å²) < 4.78 is 13.2. The molecule has 0 saturated heterocycles. The van der Waals surface area contributed by atoms with Crippen molar-refractivity contribution in [3.63, 3.8) is 0 Å². The summed E-state index contributed by atoms with van der Waals surface area (Å²) in [6.07, 6.45) is 1.71. The second-order valence-corrected chi connectivity index (χ2v) is 8.99. The van der Waals surface area contributed by atoms with Crippen molar-refractivity contribution in [2.24, 2.45) is 0 Å². The zero-order valence-corrected chi connectivity index (χ0v) is 19.0. The van der Waals surface area contributed by atoms with Crippen LogP contribution in [0.4, 0.5) is 4.39 Å². The largest absolute Gasteiger partial charge is 0.332 e. The molecule has 3 rings (SSSR count). The van der Waals surface area contributed by atoms with E-state index < -0.39 is 0 Å². The number of amides is 2. The van der Waals surface area contributed by atoms with E-state index in [0.717, 1.165) is 10.4 Å². The highest BCUT2D eigenvalue weighted by Gasteiger charge is 2.22. The summed E-state index contributed by atoms with van der Waals surface area (Å²) in [5.41, 5.74) is 1.73. The van der Waals surface area contributed by atoms with Gasteiger partial charge in [-0.15, -0.1) is 17.9 Å². The molecule has 0 fully saturated rings. The molecule has 0 saturated carbocycles. The molecule has 4 nitrogen and oxygen atoms in total. The number of benzene rings is 2. The minimum Gasteiger partial charge on any atom is -0.332 e. The van der Waals surface area contributed by atoms with Crippen LogP contribution in [-0.2, 0) is 29.1 Å². The number of thiophene rings is 1. The Kier molecular flexibility index (Phi) is 8.34. The first-order valence-corrected chi connectivity index (χ1v) is 11.3. The summed E-state index contributed by atoms with van der Waals surface area (Å²) in [5, 5.41) is 0. The lowest BCUT2D eigenvalue weighted by atomic mass is 10.1. The molecule has 1 heterocycles. The normalized spacial score (nSPS) is 10.6. The molecule has 0 bridgehead atoms. The first-order valence-electron chi connectivity index (χ1n) is 10.4. The number of rotatable bonds is 10. The average Bonchev–Trinajstić information content (AvgIpc) is 3.20. The predicted octanol–water partition coefficient (Wildman–Crippen LogP) is 4.98. The second kappa shape index (κ2) is 11.4. The van der Waals surface area contributed by atoms with Crippen molar-refractivity contribution in [1.29, 1.82) is 0 Å². The fourth-order valence-electron chi connectivity index (χ4n) is 3.36. The Labute approximate surface area is 192 Å². The van der Waals surface area contributed by atoms with Crippen molar-refractivity contribution in [3.8, 4) is 0 Å². The lowest BCUT2D eigenvalue weighted by Crippen LogP contribution is -2.43. The van der Waals surface area contributed by atoms with Crippen LogP contribution in [0.15, 0.2) is 79.4 Å². The van der Waals surface area contributed by atoms with E-state index in [9.17, 15) is 14.0 Å². The van der Waals surface area contributed by atoms with Crippen molar-refractivity contribution in [3.05, 3.63) is 106 Å². The number of aryl methyl sites for hydroxylation is 1. The van der Waals surface area contributed by atoms with Gasteiger partial charge in [0.15, 0.2) is 0 Å². The molecule has 3 aromatic rings. The molecular weight excluding hydrogens is 423 g/mol. The van der Waals surface area contributed by atoms with Crippen molar-refractivity contribution in [1.82, 2.24) is 9.80 Å². The zero-order valence-electron chi connectivity index (χ0n) is 18.2. The van der Waals surface area contributed by atoms with Crippen LogP contribution in [0.2, 0.25) is 0 Å². The quantitative estimate of drug-likeness (QED) is 0.409. The smallest absolute Gasteiger partial charge is 0.242 e. The van der Waals surface area contributed by atoms with Gasteiger partial charge in [0.1, 0.15) is 12.4 Å². The highest BCUT2D eigenvalue weighted by molar-refractivity contribution is 7.11. The SMILES string of the molecule is C=CCN(CC(=O)N(Cc1ccccc1)Cc1ccc(C)s1)C(=O)Cc1ccc(F)cc1. The molecule has 166 valence electrons. The molecule has 2 aromatic carbocycles. The Morgan fingerprint density at radius 3 is 2.25 bits per heavy atom. The number of carbonyl (C=O) groups excluding carboxylic acids is 2. The van der Waals surface area contributed by atoms with E-state index in [0.29, 0.717) is 18.7 Å². The molecule has 0 spiro atoms. The van der Waals surface area contributed by atoms with Gasteiger partial charge in [0.2, 0.25) is 11.8 Å². The third kappa shape index (κ3) is 6.89. The van der Waals surface area contributed by atoms with Gasteiger partial charge < -0.3 is 9.80 Å². The topological polar surface area (TPSA) is 40.6 Å². The Balaban J connectivity index is 1.73. The monoisotopic (exact) mass is 450 g/mol. The van der Waals surface area contributed by atoms with Crippen LogP contribution < -0.4 is 0 Å². The first-order chi connectivity index (χ1) is 15.4. The van der Waals surface area contributed by atoms with Gasteiger partial charge in [-0.25, -0.2) is 4.39 Å². The summed E-state index contributed by atoms with van der Waals surface area (Å²) in [5.74, 6) is -0.676. The van der Waals surface area contributed by atoms with Gasteiger partial charge in [-0.3, -0.25) is 9.59 Å². The van der Waals surface area contributed by atoms with Gasteiger partial charge in [0.25, 0.3) is 0 Å². The maximum absolute atomic E-state index is 13.3. The first kappa shape index (κ1) is 23.4. The number of hydrogen-bond acceptors (Lipinski definition) is 3. The molecule has 0 unspecified atom stereocenters. The van der Waals surface area contributed by atoms with Crippen LogP contribution in [0.5, 0.6) is 0 Å². The minimum atomic E-state index is -0.348. The lowest BCUT2D eigenvalue weighted by molar-refractivity contribution is -0.140.